The fourth-order valence-corrected chi connectivity index (χ4v) is 2.40. The number of hydrogen-bond donors (Lipinski definition) is 0. The van der Waals surface area contributed by atoms with E-state index in [1.807, 2.05) is 0 Å². The van der Waals surface area contributed by atoms with Gasteiger partial charge in [0, 0.05) is 10.9 Å². The molecule has 0 radical (unpaired) electrons. The summed E-state index contributed by atoms with van der Waals surface area (Å²) in [6.45, 7) is 4.27. The van der Waals surface area contributed by atoms with Crippen LogP contribution in [0.3, 0.4) is 0 Å². The summed E-state index contributed by atoms with van der Waals surface area (Å²) in [5.74, 6) is 3.22. The van der Waals surface area contributed by atoms with E-state index in [0.717, 1.165) is 12.8 Å². The van der Waals surface area contributed by atoms with Crippen molar-refractivity contribution in [2.45, 2.75) is 32.6 Å². The lowest BCUT2D eigenvalue weighted by molar-refractivity contribution is 0.681. The Kier molecular flexibility index (Phi) is 4.22. The van der Waals surface area contributed by atoms with Crippen molar-refractivity contribution in [3.05, 3.63) is 33.8 Å². The standard InChI is InChI=1S/C13H15Br/c1-4-6-11(5-2)12-8-7-10(3)9-13(12)14/h1,7-9,11H,5-6H2,2-3H3. The average Bonchev–Trinajstić information content (AvgIpc) is 2.15. The minimum atomic E-state index is 0.481. The van der Waals surface area contributed by atoms with E-state index >= 15 is 0 Å². The minimum absolute atomic E-state index is 0.481. The maximum absolute atomic E-state index is 5.36. The molecule has 0 aliphatic heterocycles. The maximum atomic E-state index is 5.36. The zero-order valence-electron chi connectivity index (χ0n) is 8.68. The molecule has 0 spiro atoms. The van der Waals surface area contributed by atoms with Crippen LogP contribution in [0.2, 0.25) is 0 Å². The summed E-state index contributed by atoms with van der Waals surface area (Å²) in [6, 6.07) is 6.46. The van der Waals surface area contributed by atoms with Gasteiger partial charge in [-0.05, 0) is 36.5 Å². The van der Waals surface area contributed by atoms with Gasteiger partial charge in [0.1, 0.15) is 0 Å². The second-order valence-corrected chi connectivity index (χ2v) is 4.39. The van der Waals surface area contributed by atoms with Crippen molar-refractivity contribution in [2.75, 3.05) is 0 Å². The lowest BCUT2D eigenvalue weighted by Crippen LogP contribution is -1.97. The van der Waals surface area contributed by atoms with E-state index < -0.39 is 0 Å². The molecule has 0 aromatic heterocycles. The highest BCUT2D eigenvalue weighted by Crippen LogP contribution is 2.30. The zero-order chi connectivity index (χ0) is 10.6. The molecule has 0 heterocycles. The van der Waals surface area contributed by atoms with Crippen LogP contribution in [0, 0.1) is 19.3 Å². The second kappa shape index (κ2) is 5.22. The molecule has 1 unspecified atom stereocenters. The topological polar surface area (TPSA) is 0 Å². The average molecular weight is 251 g/mol. The van der Waals surface area contributed by atoms with Gasteiger partial charge >= 0.3 is 0 Å². The predicted octanol–water partition coefficient (Wildman–Crippen LogP) is 4.27. The molecule has 0 bridgehead atoms. The molecule has 0 aliphatic carbocycles. The van der Waals surface area contributed by atoms with Crippen LogP contribution in [0.4, 0.5) is 0 Å². The van der Waals surface area contributed by atoms with Crippen molar-refractivity contribution in [2.24, 2.45) is 0 Å². The molecule has 0 nitrogen and oxygen atoms in total. The van der Waals surface area contributed by atoms with Gasteiger partial charge in [0.05, 0.1) is 0 Å². The summed E-state index contributed by atoms with van der Waals surface area (Å²) in [5, 5.41) is 0. The Morgan fingerprint density at radius 2 is 2.21 bits per heavy atom. The molecule has 0 saturated heterocycles. The Morgan fingerprint density at radius 3 is 2.71 bits per heavy atom. The third kappa shape index (κ3) is 2.62. The first-order chi connectivity index (χ1) is 6.69. The van der Waals surface area contributed by atoms with E-state index in [4.69, 9.17) is 6.42 Å². The van der Waals surface area contributed by atoms with E-state index in [2.05, 4.69) is 53.9 Å². The van der Waals surface area contributed by atoms with Gasteiger partial charge in [0.25, 0.3) is 0 Å². The molecule has 0 aliphatic rings. The van der Waals surface area contributed by atoms with Gasteiger partial charge < -0.3 is 0 Å². The van der Waals surface area contributed by atoms with Gasteiger partial charge in [0.15, 0.2) is 0 Å². The third-order valence-corrected chi connectivity index (χ3v) is 3.14. The number of terminal acetylenes is 1. The van der Waals surface area contributed by atoms with Crippen LogP contribution in [-0.4, -0.2) is 0 Å². The van der Waals surface area contributed by atoms with Gasteiger partial charge in [-0.25, -0.2) is 0 Å². The Bertz CT molecular complexity index is 347. The Balaban J connectivity index is 2.99. The van der Waals surface area contributed by atoms with Gasteiger partial charge in [-0.2, -0.15) is 0 Å². The molecule has 0 amide bonds. The second-order valence-electron chi connectivity index (χ2n) is 3.54. The van der Waals surface area contributed by atoms with Crippen LogP contribution in [0.5, 0.6) is 0 Å². The molecule has 1 atom stereocenters. The SMILES string of the molecule is C#CCC(CC)c1ccc(C)cc1Br. The summed E-state index contributed by atoms with van der Waals surface area (Å²) < 4.78 is 1.18. The molecule has 14 heavy (non-hydrogen) atoms. The summed E-state index contributed by atoms with van der Waals surface area (Å²) >= 11 is 3.59. The van der Waals surface area contributed by atoms with Crippen LogP contribution in [0.15, 0.2) is 22.7 Å². The Hall–Kier alpha value is -0.740. The first-order valence-electron chi connectivity index (χ1n) is 4.88. The highest BCUT2D eigenvalue weighted by molar-refractivity contribution is 9.10. The Labute approximate surface area is 94.9 Å². The van der Waals surface area contributed by atoms with Crippen LogP contribution in [0.1, 0.15) is 36.8 Å². The molecular formula is C13H15Br. The quantitative estimate of drug-likeness (QED) is 0.703. The maximum Gasteiger partial charge on any atom is 0.0213 e. The lowest BCUT2D eigenvalue weighted by Gasteiger charge is -2.14. The smallest absolute Gasteiger partial charge is 0.0213 e. The molecule has 1 aromatic rings. The third-order valence-electron chi connectivity index (χ3n) is 2.45. The van der Waals surface area contributed by atoms with E-state index in [1.54, 1.807) is 0 Å². The van der Waals surface area contributed by atoms with E-state index in [-0.39, 0.29) is 0 Å². The van der Waals surface area contributed by atoms with Crippen molar-refractivity contribution >= 4 is 15.9 Å². The summed E-state index contributed by atoms with van der Waals surface area (Å²) in [4.78, 5) is 0. The van der Waals surface area contributed by atoms with Crippen molar-refractivity contribution in [3.8, 4) is 12.3 Å². The number of halogens is 1. The number of hydrogen-bond acceptors (Lipinski definition) is 0. The van der Waals surface area contributed by atoms with Crippen molar-refractivity contribution in [1.82, 2.24) is 0 Å². The van der Waals surface area contributed by atoms with Crippen LogP contribution in [0.25, 0.3) is 0 Å². The fourth-order valence-electron chi connectivity index (χ4n) is 1.58. The molecule has 1 aromatic carbocycles. The predicted molar refractivity (Wildman–Crippen MR) is 65.4 cm³/mol. The van der Waals surface area contributed by atoms with E-state index in [1.165, 1.54) is 15.6 Å². The summed E-state index contributed by atoms with van der Waals surface area (Å²) in [5.41, 5.74) is 2.60. The van der Waals surface area contributed by atoms with Gasteiger partial charge in [0.2, 0.25) is 0 Å². The monoisotopic (exact) mass is 250 g/mol. The molecule has 74 valence electrons. The molecule has 0 N–H and O–H groups in total. The Morgan fingerprint density at radius 1 is 1.50 bits per heavy atom. The lowest BCUT2D eigenvalue weighted by atomic mass is 9.93. The molecule has 1 heteroatoms. The zero-order valence-corrected chi connectivity index (χ0v) is 10.3. The molecule has 0 saturated carbocycles. The number of aryl methyl sites for hydroxylation is 1. The van der Waals surface area contributed by atoms with Gasteiger partial charge in [-0.3, -0.25) is 0 Å². The van der Waals surface area contributed by atoms with E-state index in [0.29, 0.717) is 5.92 Å². The summed E-state index contributed by atoms with van der Waals surface area (Å²) in [6.07, 6.45) is 7.26. The van der Waals surface area contributed by atoms with Crippen LogP contribution < -0.4 is 0 Å². The van der Waals surface area contributed by atoms with Crippen molar-refractivity contribution in [3.63, 3.8) is 0 Å². The molecule has 0 fully saturated rings. The molecule has 1 rings (SSSR count). The highest BCUT2D eigenvalue weighted by Gasteiger charge is 2.10. The van der Waals surface area contributed by atoms with Crippen molar-refractivity contribution < 1.29 is 0 Å². The van der Waals surface area contributed by atoms with Crippen LogP contribution >= 0.6 is 15.9 Å². The molecular weight excluding hydrogens is 236 g/mol. The number of rotatable bonds is 3. The highest BCUT2D eigenvalue weighted by atomic mass is 79.9. The first-order valence-corrected chi connectivity index (χ1v) is 5.67. The fraction of sp³-hybridized carbons (Fsp3) is 0.385. The van der Waals surface area contributed by atoms with Crippen molar-refractivity contribution in [1.29, 1.82) is 0 Å². The minimum Gasteiger partial charge on any atom is -0.120 e. The van der Waals surface area contributed by atoms with Crippen LogP contribution in [-0.2, 0) is 0 Å². The largest absolute Gasteiger partial charge is 0.120 e. The normalized spacial score (nSPS) is 12.1. The first kappa shape index (κ1) is 11.3. The summed E-state index contributed by atoms with van der Waals surface area (Å²) in [7, 11) is 0. The van der Waals surface area contributed by atoms with E-state index in [9.17, 15) is 0 Å². The van der Waals surface area contributed by atoms with Gasteiger partial charge in [-0.1, -0.05) is 35.0 Å². The van der Waals surface area contributed by atoms with Gasteiger partial charge in [-0.15, -0.1) is 12.3 Å². The number of benzene rings is 1.